The zero-order chi connectivity index (χ0) is 18.7. The number of ether oxygens (including phenoxy) is 1. The molecule has 0 spiro atoms. The summed E-state index contributed by atoms with van der Waals surface area (Å²) >= 11 is 0. The van der Waals surface area contributed by atoms with Gasteiger partial charge in [-0.2, -0.15) is 4.98 Å². The molecule has 3 rings (SSSR count). The number of hydrogen-bond acceptors (Lipinski definition) is 8. The standard InChI is InChI=1S/C17H26N6O3/c1-22(2)5-3-4-15(25)26-9-11-6-14(12(11)8-24)23-10-20-13-7-19-17(18)21-16(13)23/h7,10-12,14,24H,3-6,8-9H2,1-2H3,(H2,18,19,21)/t11-,12-,14-/m1/s1. The van der Waals surface area contributed by atoms with E-state index < -0.39 is 0 Å². The van der Waals surface area contributed by atoms with E-state index in [1.165, 1.54) is 0 Å². The number of nitrogens with zero attached hydrogens (tertiary/aromatic N) is 5. The summed E-state index contributed by atoms with van der Waals surface area (Å²) < 4.78 is 7.33. The second kappa shape index (κ2) is 7.96. The van der Waals surface area contributed by atoms with E-state index in [0.717, 1.165) is 19.4 Å². The summed E-state index contributed by atoms with van der Waals surface area (Å²) in [5, 5.41) is 9.78. The molecule has 2 aromatic heterocycles. The maximum Gasteiger partial charge on any atom is 0.305 e. The number of aromatic nitrogens is 4. The predicted octanol–water partition coefficient (Wildman–Crippen LogP) is 0.463. The third-order valence-electron chi connectivity index (χ3n) is 4.99. The summed E-state index contributed by atoms with van der Waals surface area (Å²) in [7, 11) is 3.95. The van der Waals surface area contributed by atoms with Gasteiger partial charge < -0.3 is 25.0 Å². The lowest BCUT2D eigenvalue weighted by molar-refractivity contribution is -0.148. The molecule has 3 N–H and O–H groups in total. The van der Waals surface area contributed by atoms with Crippen LogP contribution in [0.25, 0.3) is 11.2 Å². The van der Waals surface area contributed by atoms with Gasteiger partial charge in [0.25, 0.3) is 0 Å². The molecule has 1 fully saturated rings. The van der Waals surface area contributed by atoms with Gasteiger partial charge in [-0.3, -0.25) is 4.79 Å². The molecule has 9 heteroatoms. The molecule has 9 nitrogen and oxygen atoms in total. The van der Waals surface area contributed by atoms with Gasteiger partial charge in [0.15, 0.2) is 5.65 Å². The van der Waals surface area contributed by atoms with Gasteiger partial charge in [0.05, 0.1) is 19.1 Å². The van der Waals surface area contributed by atoms with Crippen molar-refractivity contribution in [3.63, 3.8) is 0 Å². The van der Waals surface area contributed by atoms with Crippen LogP contribution in [0, 0.1) is 11.8 Å². The lowest BCUT2D eigenvalue weighted by atomic mass is 9.70. The van der Waals surface area contributed by atoms with Gasteiger partial charge in [-0.1, -0.05) is 0 Å². The summed E-state index contributed by atoms with van der Waals surface area (Å²) in [6.07, 6.45) is 5.29. The number of carbonyl (C=O) groups excluding carboxylic acids is 1. The SMILES string of the molecule is CN(C)CCCC(=O)OC[C@H]1C[C@@H](n2cnc3cnc(N)nc32)[C@@H]1CO. The number of aliphatic hydroxyl groups excluding tert-OH is 1. The Morgan fingerprint density at radius 2 is 2.27 bits per heavy atom. The highest BCUT2D eigenvalue weighted by Gasteiger charge is 2.43. The second-order valence-electron chi connectivity index (χ2n) is 7.09. The minimum Gasteiger partial charge on any atom is -0.465 e. The van der Waals surface area contributed by atoms with E-state index in [1.54, 1.807) is 12.5 Å². The van der Waals surface area contributed by atoms with Crippen LogP contribution in [0.15, 0.2) is 12.5 Å². The van der Waals surface area contributed by atoms with Gasteiger partial charge >= 0.3 is 5.97 Å². The van der Waals surface area contributed by atoms with E-state index in [2.05, 4.69) is 15.0 Å². The summed E-state index contributed by atoms with van der Waals surface area (Å²) in [6.45, 7) is 1.22. The van der Waals surface area contributed by atoms with Gasteiger partial charge in [0.2, 0.25) is 5.95 Å². The lowest BCUT2D eigenvalue weighted by Crippen LogP contribution is -2.43. The van der Waals surface area contributed by atoms with Crippen molar-refractivity contribution in [1.29, 1.82) is 0 Å². The minimum atomic E-state index is -0.180. The zero-order valence-corrected chi connectivity index (χ0v) is 15.2. The molecule has 1 aliphatic rings. The molecule has 0 bridgehead atoms. The van der Waals surface area contributed by atoms with Crippen molar-refractivity contribution in [2.45, 2.75) is 25.3 Å². The number of aliphatic hydroxyl groups is 1. The van der Waals surface area contributed by atoms with Gasteiger partial charge in [0.1, 0.15) is 5.52 Å². The first-order valence-corrected chi connectivity index (χ1v) is 8.86. The largest absolute Gasteiger partial charge is 0.465 e. The number of hydrogen-bond donors (Lipinski definition) is 2. The Kier molecular flexibility index (Phi) is 5.67. The van der Waals surface area contributed by atoms with Crippen molar-refractivity contribution in [3.05, 3.63) is 12.5 Å². The highest BCUT2D eigenvalue weighted by Crippen LogP contribution is 2.44. The van der Waals surface area contributed by atoms with Crippen LogP contribution in [0.5, 0.6) is 0 Å². The monoisotopic (exact) mass is 362 g/mol. The fourth-order valence-electron chi connectivity index (χ4n) is 3.45. The first kappa shape index (κ1) is 18.5. The Bertz CT molecular complexity index is 762. The van der Waals surface area contributed by atoms with Crippen LogP contribution in [-0.4, -0.2) is 69.3 Å². The van der Waals surface area contributed by atoms with E-state index in [9.17, 15) is 9.90 Å². The highest BCUT2D eigenvalue weighted by molar-refractivity contribution is 5.71. The minimum absolute atomic E-state index is 0.00170. The van der Waals surface area contributed by atoms with E-state index in [-0.39, 0.29) is 36.4 Å². The van der Waals surface area contributed by atoms with Crippen LogP contribution in [0.1, 0.15) is 25.3 Å². The zero-order valence-electron chi connectivity index (χ0n) is 15.2. The Morgan fingerprint density at radius 3 is 3.00 bits per heavy atom. The predicted molar refractivity (Wildman–Crippen MR) is 96.2 cm³/mol. The lowest BCUT2D eigenvalue weighted by Gasteiger charge is -2.44. The number of esters is 1. The molecule has 142 valence electrons. The molecule has 2 aromatic rings. The molecule has 1 aliphatic carbocycles. The molecule has 0 unspecified atom stereocenters. The van der Waals surface area contributed by atoms with E-state index in [4.69, 9.17) is 10.5 Å². The Balaban J connectivity index is 1.55. The Morgan fingerprint density at radius 1 is 1.46 bits per heavy atom. The molecule has 0 aromatic carbocycles. The number of rotatable bonds is 8. The first-order chi connectivity index (χ1) is 12.5. The number of fused-ring (bicyclic) bond motifs is 1. The normalized spacial score (nSPS) is 22.5. The molecular formula is C17H26N6O3. The Hall–Kier alpha value is -2.26. The van der Waals surface area contributed by atoms with Crippen molar-refractivity contribution in [3.8, 4) is 0 Å². The topological polar surface area (TPSA) is 119 Å². The average Bonchev–Trinajstić information content (AvgIpc) is 2.96. The second-order valence-corrected chi connectivity index (χ2v) is 7.09. The van der Waals surface area contributed by atoms with Crippen LogP contribution in [0.2, 0.25) is 0 Å². The quantitative estimate of drug-likeness (QED) is 0.650. The maximum atomic E-state index is 11.8. The van der Waals surface area contributed by atoms with E-state index in [0.29, 0.717) is 24.2 Å². The summed E-state index contributed by atoms with van der Waals surface area (Å²) in [6, 6.07) is 0.0664. The van der Waals surface area contributed by atoms with Crippen LogP contribution in [0.3, 0.4) is 0 Å². The summed E-state index contributed by atoms with van der Waals surface area (Å²) in [5.41, 5.74) is 7.01. The fraction of sp³-hybridized carbons (Fsp3) is 0.647. The van der Waals surface area contributed by atoms with Crippen molar-refractivity contribution in [2.24, 2.45) is 11.8 Å². The molecule has 2 heterocycles. The van der Waals surface area contributed by atoms with Crippen molar-refractivity contribution >= 4 is 23.1 Å². The fourth-order valence-corrected chi connectivity index (χ4v) is 3.45. The van der Waals surface area contributed by atoms with Crippen LogP contribution >= 0.6 is 0 Å². The molecule has 26 heavy (non-hydrogen) atoms. The highest BCUT2D eigenvalue weighted by atomic mass is 16.5. The van der Waals surface area contributed by atoms with Crippen molar-refractivity contribution < 1.29 is 14.6 Å². The van der Waals surface area contributed by atoms with Crippen LogP contribution in [0.4, 0.5) is 5.95 Å². The number of nitrogen functional groups attached to an aromatic ring is 1. The van der Waals surface area contributed by atoms with Crippen molar-refractivity contribution in [1.82, 2.24) is 24.4 Å². The van der Waals surface area contributed by atoms with Gasteiger partial charge in [-0.25, -0.2) is 9.97 Å². The van der Waals surface area contributed by atoms with Gasteiger partial charge in [-0.05, 0) is 33.5 Å². The molecular weight excluding hydrogens is 336 g/mol. The maximum absolute atomic E-state index is 11.8. The van der Waals surface area contributed by atoms with Gasteiger partial charge in [0, 0.05) is 30.9 Å². The van der Waals surface area contributed by atoms with Gasteiger partial charge in [-0.15, -0.1) is 0 Å². The van der Waals surface area contributed by atoms with E-state index >= 15 is 0 Å². The molecule has 0 aliphatic heterocycles. The van der Waals surface area contributed by atoms with Crippen molar-refractivity contribution in [2.75, 3.05) is 39.6 Å². The molecule has 0 amide bonds. The third-order valence-corrected chi connectivity index (χ3v) is 4.99. The summed E-state index contributed by atoms with van der Waals surface area (Å²) in [5.74, 6) is 0.153. The molecule has 0 saturated heterocycles. The molecule has 1 saturated carbocycles. The number of imidazole rings is 1. The summed E-state index contributed by atoms with van der Waals surface area (Å²) in [4.78, 5) is 26.4. The first-order valence-electron chi connectivity index (χ1n) is 8.86. The molecule has 0 radical (unpaired) electrons. The van der Waals surface area contributed by atoms with Crippen LogP contribution in [-0.2, 0) is 9.53 Å². The smallest absolute Gasteiger partial charge is 0.305 e. The number of anilines is 1. The Labute approximate surface area is 152 Å². The van der Waals surface area contributed by atoms with Crippen LogP contribution < -0.4 is 5.73 Å². The number of carbonyl (C=O) groups is 1. The number of nitrogens with two attached hydrogens (primary N) is 1. The third kappa shape index (κ3) is 3.94. The molecule has 3 atom stereocenters. The average molecular weight is 362 g/mol. The van der Waals surface area contributed by atoms with E-state index in [1.807, 2.05) is 23.6 Å².